The van der Waals surface area contributed by atoms with Crippen molar-refractivity contribution in [3.8, 4) is 0 Å². The summed E-state index contributed by atoms with van der Waals surface area (Å²) in [6.07, 6.45) is 11.1. The first-order chi connectivity index (χ1) is 15.8. The number of hydrogen-bond acceptors (Lipinski definition) is 3. The lowest BCUT2D eigenvalue weighted by atomic mass is 9.89. The predicted octanol–water partition coefficient (Wildman–Crippen LogP) is 5.47. The summed E-state index contributed by atoms with van der Waals surface area (Å²) in [5, 5.41) is 2.96. The van der Waals surface area contributed by atoms with Gasteiger partial charge in [-0.05, 0) is 38.5 Å². The summed E-state index contributed by atoms with van der Waals surface area (Å²) in [6.45, 7) is 17.1. The van der Waals surface area contributed by atoms with Crippen molar-refractivity contribution in [2.75, 3.05) is 26.2 Å². The number of nitrogens with zero attached hydrogens (tertiary/aromatic N) is 2. The molecule has 192 valence electrons. The maximum absolute atomic E-state index is 13.7. The molecule has 33 heavy (non-hydrogen) atoms. The van der Waals surface area contributed by atoms with Crippen molar-refractivity contribution in [2.24, 2.45) is 0 Å². The maximum Gasteiger partial charge on any atom is 0.252 e. The van der Waals surface area contributed by atoms with E-state index in [2.05, 4.69) is 39.6 Å². The first-order valence-corrected chi connectivity index (χ1v) is 13.4. The van der Waals surface area contributed by atoms with E-state index >= 15 is 0 Å². The van der Waals surface area contributed by atoms with Gasteiger partial charge in [0, 0.05) is 39.0 Å². The third-order valence-corrected chi connectivity index (χ3v) is 6.14. The summed E-state index contributed by atoms with van der Waals surface area (Å²) in [5.74, 6) is -0.131. The second kappa shape index (κ2) is 18.6. The van der Waals surface area contributed by atoms with Gasteiger partial charge < -0.3 is 15.1 Å². The van der Waals surface area contributed by atoms with Crippen LogP contribution in [-0.2, 0) is 14.4 Å². The molecule has 0 aliphatic rings. The molecule has 0 aliphatic carbocycles. The van der Waals surface area contributed by atoms with Crippen LogP contribution in [0.2, 0.25) is 0 Å². The number of hydrogen-bond donors (Lipinski definition) is 1. The highest BCUT2D eigenvalue weighted by molar-refractivity contribution is 5.93. The Hall–Kier alpha value is -1.85. The lowest BCUT2D eigenvalue weighted by Crippen LogP contribution is -2.58. The van der Waals surface area contributed by atoms with E-state index in [0.29, 0.717) is 38.8 Å². The molecule has 0 aromatic carbocycles. The minimum absolute atomic E-state index is 0.0949. The fraction of sp³-hybridized carbons (Fsp3) is 0.815. The number of carbonyl (C=O) groups excluding carboxylic acids is 3. The van der Waals surface area contributed by atoms with E-state index in [1.54, 1.807) is 13.0 Å². The van der Waals surface area contributed by atoms with Gasteiger partial charge in [-0.15, -0.1) is 6.58 Å². The summed E-state index contributed by atoms with van der Waals surface area (Å²) < 4.78 is 0. The molecule has 0 bridgehead atoms. The summed E-state index contributed by atoms with van der Waals surface area (Å²) in [5.41, 5.74) is -1.16. The zero-order chi connectivity index (χ0) is 25.1. The van der Waals surface area contributed by atoms with Crippen molar-refractivity contribution < 1.29 is 14.4 Å². The minimum atomic E-state index is -1.16. The van der Waals surface area contributed by atoms with Crippen LogP contribution in [0.4, 0.5) is 0 Å². The van der Waals surface area contributed by atoms with Gasteiger partial charge in [-0.3, -0.25) is 14.4 Å². The Morgan fingerprint density at radius 3 is 1.61 bits per heavy atom. The fourth-order valence-corrected chi connectivity index (χ4v) is 3.83. The molecule has 3 amide bonds. The highest BCUT2D eigenvalue weighted by Gasteiger charge is 2.39. The second-order valence-electron chi connectivity index (χ2n) is 9.02. The van der Waals surface area contributed by atoms with Crippen LogP contribution < -0.4 is 5.32 Å². The van der Waals surface area contributed by atoms with Gasteiger partial charge in [0.1, 0.15) is 5.54 Å². The largest absolute Gasteiger partial charge is 0.343 e. The molecule has 0 spiro atoms. The van der Waals surface area contributed by atoms with Crippen molar-refractivity contribution in [1.29, 1.82) is 0 Å². The summed E-state index contributed by atoms with van der Waals surface area (Å²) in [6, 6.07) is 0. The Morgan fingerprint density at radius 1 is 0.758 bits per heavy atom. The molecule has 1 N–H and O–H groups in total. The number of amides is 3. The van der Waals surface area contributed by atoms with Gasteiger partial charge in [0.25, 0.3) is 5.91 Å². The highest BCUT2D eigenvalue weighted by atomic mass is 16.2. The predicted molar refractivity (Wildman–Crippen MR) is 138 cm³/mol. The smallest absolute Gasteiger partial charge is 0.252 e. The third-order valence-electron chi connectivity index (χ3n) is 6.14. The van der Waals surface area contributed by atoms with Gasteiger partial charge in [0.15, 0.2) is 0 Å². The molecule has 1 unspecified atom stereocenters. The van der Waals surface area contributed by atoms with E-state index in [9.17, 15) is 14.4 Å². The zero-order valence-corrected chi connectivity index (χ0v) is 22.2. The molecule has 0 aliphatic heterocycles. The number of unbranched alkanes of at least 4 members (excludes halogenated alkanes) is 4. The number of nitrogens with one attached hydrogen (secondary N) is 1. The van der Waals surface area contributed by atoms with E-state index in [0.717, 1.165) is 64.5 Å². The highest BCUT2D eigenvalue weighted by Crippen LogP contribution is 2.22. The van der Waals surface area contributed by atoms with Crippen LogP contribution in [-0.4, -0.2) is 59.2 Å². The molecule has 0 saturated carbocycles. The number of carbonyl (C=O) groups is 3. The van der Waals surface area contributed by atoms with E-state index in [1.807, 2.05) is 9.80 Å². The van der Waals surface area contributed by atoms with Crippen LogP contribution in [0, 0.1) is 0 Å². The van der Waals surface area contributed by atoms with Gasteiger partial charge in [-0.25, -0.2) is 0 Å². The van der Waals surface area contributed by atoms with Gasteiger partial charge in [0.05, 0.1) is 0 Å². The minimum Gasteiger partial charge on any atom is -0.343 e. The Bertz CT molecular complexity index is 563. The fourth-order valence-electron chi connectivity index (χ4n) is 3.83. The molecular formula is C27H51N3O3. The molecular weight excluding hydrogens is 414 g/mol. The normalized spacial score (nSPS) is 12.6. The average molecular weight is 466 g/mol. The second-order valence-corrected chi connectivity index (χ2v) is 9.02. The Morgan fingerprint density at radius 2 is 1.21 bits per heavy atom. The molecule has 0 aromatic rings. The van der Waals surface area contributed by atoms with Crippen molar-refractivity contribution in [2.45, 2.75) is 117 Å². The lowest BCUT2D eigenvalue weighted by Gasteiger charge is -2.36. The first-order valence-electron chi connectivity index (χ1n) is 13.4. The Kier molecular flexibility index (Phi) is 17.5. The maximum atomic E-state index is 13.7. The van der Waals surface area contributed by atoms with E-state index in [1.165, 1.54) is 0 Å². The standard InChI is InChI=1S/C27H51N3O3/c1-7-13-20-29(21-14-8-2)25(32)18-17-19-27(12-6,28-24(31)11-5)26(33)30(22-15-9-3)23-16-10-4/h12H,6-11,13-23H2,1-5H3,(H,28,31). The van der Waals surface area contributed by atoms with Crippen LogP contribution in [0.25, 0.3) is 0 Å². The lowest BCUT2D eigenvalue weighted by molar-refractivity contribution is -0.140. The van der Waals surface area contributed by atoms with Crippen molar-refractivity contribution in [1.82, 2.24) is 15.1 Å². The van der Waals surface area contributed by atoms with Crippen molar-refractivity contribution >= 4 is 17.7 Å². The molecule has 0 rings (SSSR count). The third kappa shape index (κ3) is 11.7. The quantitative estimate of drug-likeness (QED) is 0.243. The molecule has 0 fully saturated rings. The molecule has 0 saturated heterocycles. The van der Waals surface area contributed by atoms with Gasteiger partial charge in [-0.1, -0.05) is 66.4 Å². The molecule has 0 heterocycles. The molecule has 1 atom stereocenters. The van der Waals surface area contributed by atoms with Crippen LogP contribution >= 0.6 is 0 Å². The van der Waals surface area contributed by atoms with Crippen LogP contribution in [0.1, 0.15) is 112 Å². The SMILES string of the molecule is C=CC(CCCC(=O)N(CCCC)CCCC)(NC(=O)CC)C(=O)N(CCCC)CCCC. The van der Waals surface area contributed by atoms with Crippen LogP contribution in [0.5, 0.6) is 0 Å². The molecule has 0 radical (unpaired) electrons. The van der Waals surface area contributed by atoms with Crippen LogP contribution in [0.15, 0.2) is 12.7 Å². The van der Waals surface area contributed by atoms with Gasteiger partial charge in [0.2, 0.25) is 11.8 Å². The van der Waals surface area contributed by atoms with Crippen LogP contribution in [0.3, 0.4) is 0 Å². The van der Waals surface area contributed by atoms with Crippen molar-refractivity contribution in [3.05, 3.63) is 12.7 Å². The van der Waals surface area contributed by atoms with E-state index in [-0.39, 0.29) is 17.7 Å². The zero-order valence-electron chi connectivity index (χ0n) is 22.2. The molecule has 6 heteroatoms. The monoisotopic (exact) mass is 465 g/mol. The van der Waals surface area contributed by atoms with E-state index < -0.39 is 5.54 Å². The Labute approximate surface area is 203 Å². The first kappa shape index (κ1) is 31.1. The van der Waals surface area contributed by atoms with Gasteiger partial charge in [-0.2, -0.15) is 0 Å². The summed E-state index contributed by atoms with van der Waals surface area (Å²) in [7, 11) is 0. The summed E-state index contributed by atoms with van der Waals surface area (Å²) in [4.78, 5) is 42.8. The Balaban J connectivity index is 5.49. The molecule has 0 aromatic heterocycles. The summed E-state index contributed by atoms with van der Waals surface area (Å²) >= 11 is 0. The van der Waals surface area contributed by atoms with Gasteiger partial charge >= 0.3 is 0 Å². The average Bonchev–Trinajstić information content (AvgIpc) is 2.82. The molecule has 6 nitrogen and oxygen atoms in total. The van der Waals surface area contributed by atoms with Crippen molar-refractivity contribution in [3.63, 3.8) is 0 Å². The number of rotatable bonds is 20. The topological polar surface area (TPSA) is 69.7 Å². The van der Waals surface area contributed by atoms with E-state index in [4.69, 9.17) is 0 Å².